The number of unbranched alkanes of at least 4 members (excludes halogenated alkanes) is 2. The van der Waals surface area contributed by atoms with Crippen molar-refractivity contribution < 1.29 is 76.4 Å². The van der Waals surface area contributed by atoms with Gasteiger partial charge >= 0.3 is 6.03 Å². The van der Waals surface area contributed by atoms with Crippen molar-refractivity contribution in [3.05, 3.63) is 239 Å². The Morgan fingerprint density at radius 1 is 0.615 bits per heavy atom. The third-order valence-electron chi connectivity index (χ3n) is 21.4. The van der Waals surface area contributed by atoms with E-state index in [0.29, 0.717) is 72.1 Å². The molecule has 12 amide bonds. The maximum absolute atomic E-state index is 15.1. The van der Waals surface area contributed by atoms with Crippen LogP contribution in [0.1, 0.15) is 134 Å². The zero-order valence-electron chi connectivity index (χ0n) is 70.6. The Balaban J connectivity index is 0.658. The van der Waals surface area contributed by atoms with E-state index < -0.39 is 71.7 Å². The second-order valence-corrected chi connectivity index (χ2v) is 30.3. The number of urea groups is 1. The van der Waals surface area contributed by atoms with Crippen LogP contribution in [0.3, 0.4) is 0 Å². The Bertz CT molecular complexity index is 5040. The molecule has 0 aromatic heterocycles. The van der Waals surface area contributed by atoms with E-state index in [2.05, 4.69) is 56.3 Å². The van der Waals surface area contributed by atoms with Gasteiger partial charge in [-0.2, -0.15) is 0 Å². The Labute approximate surface area is 711 Å². The van der Waals surface area contributed by atoms with Crippen LogP contribution in [0.2, 0.25) is 0 Å². The quantitative estimate of drug-likeness (QED) is 0.01000. The first-order chi connectivity index (χ1) is 58.8. The average molecular weight is 1660 g/mol. The molecule has 5 atom stereocenters. The largest absolute Gasteiger partial charge is 0.496 e. The van der Waals surface area contributed by atoms with E-state index in [0.717, 1.165) is 66.6 Å². The summed E-state index contributed by atoms with van der Waals surface area (Å²) >= 11 is 0. The number of nitrogens with two attached hydrogens (primary N) is 1. The van der Waals surface area contributed by atoms with Crippen molar-refractivity contribution in [2.75, 3.05) is 95.5 Å². The number of primary amides is 1. The fourth-order valence-corrected chi connectivity index (χ4v) is 14.4. The molecule has 8 aromatic rings. The van der Waals surface area contributed by atoms with E-state index in [1.807, 2.05) is 140 Å². The van der Waals surface area contributed by atoms with E-state index in [9.17, 15) is 47.9 Å². The second-order valence-electron chi connectivity index (χ2n) is 30.3. The monoisotopic (exact) mass is 1660 g/mol. The fraction of sp³-hybridized carbons (Fsp3) is 0.351. The van der Waals surface area contributed by atoms with Gasteiger partial charge in [0, 0.05) is 67.6 Å². The summed E-state index contributed by atoms with van der Waals surface area (Å²) in [6.07, 6.45) is 5.33. The Morgan fingerprint density at radius 3 is 1.93 bits per heavy atom. The third kappa shape index (κ3) is 24.8. The summed E-state index contributed by atoms with van der Waals surface area (Å²) in [4.78, 5) is 152. The molecule has 0 radical (unpaired) electrons. The SMILES string of the molecule is CC/C(=C(/c1ccc(OCCN(C)C(=O)COCCOCCNC(=O)c2ccc(C(=O)N3c4cc(C)ccc4N(Cc4c(OC)ccc5ccccc45)C(=O)[C@@H](NC(=O)[C@H](C)NC)[C@@H]3C)cc2)cc1)c1ccc(OCc2ccc(NC(=O)[C@H](CCCNC(N)=O)NC(=O)[C@@H](NC(=O)CCCCCN3C(=O)C=CC3=O)C(C)C)cc2)cc1)c1ccccc1. The van der Waals surface area contributed by atoms with E-state index in [1.165, 1.54) is 17.1 Å². The second kappa shape index (κ2) is 44.8. The van der Waals surface area contributed by atoms with Gasteiger partial charge in [0.05, 0.1) is 63.5 Å². The number of carbonyl (C=O) groups is 11. The van der Waals surface area contributed by atoms with Crippen LogP contribution in [-0.2, 0) is 61.0 Å². The number of likely N-dealkylation sites (N-methyl/N-ethyl adjacent to an activating group) is 2. The molecular weight excluding hydrogens is 1550 g/mol. The van der Waals surface area contributed by atoms with Gasteiger partial charge in [0.25, 0.3) is 29.5 Å². The maximum atomic E-state index is 15.1. The molecule has 2 heterocycles. The third-order valence-corrected chi connectivity index (χ3v) is 21.4. The van der Waals surface area contributed by atoms with Crippen LogP contribution in [0.5, 0.6) is 17.2 Å². The lowest BCUT2D eigenvalue weighted by atomic mass is 9.88. The first-order valence-corrected chi connectivity index (χ1v) is 41.2. The van der Waals surface area contributed by atoms with Gasteiger partial charge in [0.2, 0.25) is 29.5 Å². The normalized spacial score (nSPS) is 14.7. The summed E-state index contributed by atoms with van der Waals surface area (Å²) in [5.74, 6) is -2.57. The summed E-state index contributed by atoms with van der Waals surface area (Å²) in [6, 6.07) is 51.0. The van der Waals surface area contributed by atoms with E-state index >= 15 is 4.79 Å². The molecule has 122 heavy (non-hydrogen) atoms. The minimum absolute atomic E-state index is 0.0662. The molecule has 8 aromatic carbocycles. The summed E-state index contributed by atoms with van der Waals surface area (Å²) in [5, 5.41) is 21.6. The Kier molecular flexibility index (Phi) is 33.5. The lowest BCUT2D eigenvalue weighted by Gasteiger charge is -2.33. The van der Waals surface area contributed by atoms with Crippen LogP contribution in [0.4, 0.5) is 21.9 Å². The van der Waals surface area contributed by atoms with Crippen molar-refractivity contribution in [2.45, 2.75) is 130 Å². The number of ether oxygens (including phenoxy) is 5. The van der Waals surface area contributed by atoms with E-state index in [-0.39, 0.29) is 114 Å². The fourth-order valence-electron chi connectivity index (χ4n) is 14.4. The standard InChI is InChI=1S/C94H110N12O16/c1-10-74(65-20-13-11-14-21-65)85(68-35-42-73(43-36-68)122-58-64-27-38-71(39-28-64)99-90(113)77(24-19-48-98-94(95)117)100-91(114)86(60(2)3)101-81(107)25-15-12-18-50-104-82(108)46-47-83(104)109)67-33-40-72(41-34-67)121-53-51-103(8)84(110)59-120-55-54-119-52-49-97-89(112)69-29-31-70(32-30-69)92(115)106-63(6)87(102-88(111)62(5)96-7)93(116)105(78-44-26-61(4)56-79(78)106)57-76-75-23-17-16-22-66(75)37-45-80(76)118-9/h11,13-14,16-17,20-23,26-47,56,60,62-63,77,86-87,96H,10,12,15,18-19,24-25,48-55,57-59H2,1-9H3,(H,97,112)(H,99,113)(H,100,114)(H,101,107)(H,102,111)(H3,95,98,117)/b85-74+/t62-,63-,77-,86-,87-/m0/s1. The number of allylic oxidation sites excluding steroid dienone is 1. The molecule has 0 bridgehead atoms. The molecule has 2 aliphatic rings. The molecule has 0 saturated heterocycles. The average Bonchev–Trinajstić information content (AvgIpc) is 1.58. The molecule has 28 nitrogen and oxygen atoms in total. The lowest BCUT2D eigenvalue weighted by molar-refractivity contribution is -0.137. The molecule has 0 spiro atoms. The predicted molar refractivity (Wildman–Crippen MR) is 468 cm³/mol. The molecule has 0 fully saturated rings. The number of methoxy groups -OCH3 is 1. The highest BCUT2D eigenvalue weighted by Crippen LogP contribution is 2.41. The molecule has 642 valence electrons. The highest BCUT2D eigenvalue weighted by Gasteiger charge is 2.44. The van der Waals surface area contributed by atoms with Gasteiger partial charge in [0.15, 0.2) is 0 Å². The highest BCUT2D eigenvalue weighted by molar-refractivity contribution is 6.15. The van der Waals surface area contributed by atoms with Crippen LogP contribution in [0.15, 0.2) is 194 Å². The van der Waals surface area contributed by atoms with Crippen LogP contribution in [-0.4, -0.2) is 186 Å². The van der Waals surface area contributed by atoms with Gasteiger partial charge in [0.1, 0.15) is 55.2 Å². The zero-order valence-corrected chi connectivity index (χ0v) is 70.6. The van der Waals surface area contributed by atoms with Crippen molar-refractivity contribution in [1.82, 2.24) is 41.7 Å². The lowest BCUT2D eigenvalue weighted by Crippen LogP contribution is -2.59. The van der Waals surface area contributed by atoms with Crippen LogP contribution >= 0.6 is 0 Å². The number of benzene rings is 8. The number of nitrogens with zero attached hydrogens (tertiary/aromatic N) is 4. The number of carbonyl (C=O) groups excluding carboxylic acids is 11. The number of nitrogens with one attached hydrogen (secondary N) is 7. The molecule has 28 heteroatoms. The number of hydrogen-bond donors (Lipinski definition) is 8. The van der Waals surface area contributed by atoms with Crippen molar-refractivity contribution in [2.24, 2.45) is 11.7 Å². The van der Waals surface area contributed by atoms with Crippen LogP contribution in [0, 0.1) is 12.8 Å². The Morgan fingerprint density at radius 2 is 1.27 bits per heavy atom. The number of anilines is 3. The number of fused-ring (bicyclic) bond motifs is 2. The zero-order chi connectivity index (χ0) is 87.4. The first kappa shape index (κ1) is 91.3. The summed E-state index contributed by atoms with van der Waals surface area (Å²) in [7, 11) is 4.90. The van der Waals surface area contributed by atoms with Gasteiger partial charge in [-0.25, -0.2) is 4.79 Å². The summed E-state index contributed by atoms with van der Waals surface area (Å²) in [5.41, 5.74) is 14.8. The van der Waals surface area contributed by atoms with Gasteiger partial charge in [-0.15, -0.1) is 0 Å². The van der Waals surface area contributed by atoms with E-state index in [1.54, 1.807) is 95.1 Å². The smallest absolute Gasteiger partial charge is 0.312 e. The summed E-state index contributed by atoms with van der Waals surface area (Å²) < 4.78 is 29.6. The molecule has 10 rings (SSSR count). The molecular formula is C94H110N12O16. The van der Waals surface area contributed by atoms with Crippen LogP contribution < -0.4 is 67.0 Å². The molecule has 2 aliphatic heterocycles. The number of amides is 12. The topological polar surface area (TPSA) is 357 Å². The number of imide groups is 1. The van der Waals surface area contributed by atoms with Gasteiger partial charge in [-0.05, 0) is 194 Å². The van der Waals surface area contributed by atoms with Gasteiger partial charge < -0.3 is 81.3 Å². The number of aryl methyl sites for hydroxylation is 1. The minimum atomic E-state index is -1.18. The summed E-state index contributed by atoms with van der Waals surface area (Å²) in [6.45, 7) is 12.7. The van der Waals surface area contributed by atoms with Gasteiger partial charge in [-0.1, -0.05) is 130 Å². The number of rotatable bonds is 43. The molecule has 0 unspecified atom stereocenters. The highest BCUT2D eigenvalue weighted by atomic mass is 16.5. The van der Waals surface area contributed by atoms with Gasteiger partial charge in [-0.3, -0.25) is 52.8 Å². The van der Waals surface area contributed by atoms with Crippen molar-refractivity contribution in [1.29, 1.82) is 0 Å². The van der Waals surface area contributed by atoms with E-state index in [4.69, 9.17) is 29.4 Å². The minimum Gasteiger partial charge on any atom is -0.496 e. The van der Waals surface area contributed by atoms with Crippen molar-refractivity contribution in [3.63, 3.8) is 0 Å². The first-order valence-electron chi connectivity index (χ1n) is 41.2. The van der Waals surface area contributed by atoms with Crippen LogP contribution in [0.25, 0.3) is 21.9 Å². The molecule has 0 saturated carbocycles. The van der Waals surface area contributed by atoms with Crippen molar-refractivity contribution >= 4 is 104 Å². The molecule has 9 N–H and O–H groups in total. The maximum Gasteiger partial charge on any atom is 0.312 e. The number of hydrogen-bond acceptors (Lipinski definition) is 17. The predicted octanol–water partition coefficient (Wildman–Crippen LogP) is 10.6. The Hall–Kier alpha value is -13.1. The van der Waals surface area contributed by atoms with Crippen molar-refractivity contribution in [3.8, 4) is 17.2 Å². The molecule has 0 aliphatic carbocycles.